The van der Waals surface area contributed by atoms with Crippen molar-refractivity contribution in [3.63, 3.8) is 0 Å². The SMILES string of the molecule is NC(=S)c1ccc(Cl)cc1Oc1cccc(Cl)c1. The predicted octanol–water partition coefficient (Wildman–Crippen LogP) is 4.42. The molecular weight excluding hydrogens is 289 g/mol. The number of nitrogens with two attached hydrogens (primary N) is 1. The Bertz CT molecular complexity index is 601. The molecule has 2 aromatic carbocycles. The zero-order valence-corrected chi connectivity index (χ0v) is 11.5. The Morgan fingerprint density at radius 1 is 1.06 bits per heavy atom. The van der Waals surface area contributed by atoms with E-state index in [1.54, 1.807) is 42.5 Å². The van der Waals surface area contributed by atoms with Crippen LogP contribution < -0.4 is 10.5 Å². The molecule has 0 atom stereocenters. The number of rotatable bonds is 3. The van der Waals surface area contributed by atoms with Crippen LogP contribution in [0.1, 0.15) is 5.56 Å². The fraction of sp³-hybridized carbons (Fsp3) is 0. The lowest BCUT2D eigenvalue weighted by molar-refractivity contribution is 0.482. The van der Waals surface area contributed by atoms with Gasteiger partial charge in [0.2, 0.25) is 0 Å². The summed E-state index contributed by atoms with van der Waals surface area (Å²) in [5.41, 5.74) is 6.26. The lowest BCUT2D eigenvalue weighted by Crippen LogP contribution is -2.10. The van der Waals surface area contributed by atoms with Gasteiger partial charge in [-0.15, -0.1) is 0 Å². The fourth-order valence-corrected chi connectivity index (χ4v) is 1.95. The highest BCUT2D eigenvalue weighted by Crippen LogP contribution is 2.29. The van der Waals surface area contributed by atoms with Gasteiger partial charge in [0.25, 0.3) is 0 Å². The molecule has 0 saturated heterocycles. The van der Waals surface area contributed by atoms with E-state index in [4.69, 9.17) is 45.9 Å². The second kappa shape index (κ2) is 5.57. The van der Waals surface area contributed by atoms with Crippen LogP contribution in [0.15, 0.2) is 42.5 Å². The second-order valence-electron chi connectivity index (χ2n) is 3.56. The highest BCUT2D eigenvalue weighted by Gasteiger charge is 2.08. The summed E-state index contributed by atoms with van der Waals surface area (Å²) in [6, 6.07) is 12.1. The smallest absolute Gasteiger partial charge is 0.139 e. The van der Waals surface area contributed by atoms with Crippen LogP contribution in [0.2, 0.25) is 10.0 Å². The first kappa shape index (κ1) is 13.1. The molecule has 0 aromatic heterocycles. The highest BCUT2D eigenvalue weighted by molar-refractivity contribution is 7.80. The van der Waals surface area contributed by atoms with Gasteiger partial charge in [-0.3, -0.25) is 0 Å². The summed E-state index contributed by atoms with van der Waals surface area (Å²) in [5, 5.41) is 1.14. The minimum Gasteiger partial charge on any atom is -0.457 e. The van der Waals surface area contributed by atoms with Crippen LogP contribution in [0.25, 0.3) is 0 Å². The Balaban J connectivity index is 2.39. The molecule has 2 nitrogen and oxygen atoms in total. The maximum Gasteiger partial charge on any atom is 0.139 e. The first-order chi connectivity index (χ1) is 8.56. The maximum absolute atomic E-state index is 5.93. The van der Waals surface area contributed by atoms with Crippen LogP contribution in [0.3, 0.4) is 0 Å². The predicted molar refractivity (Wildman–Crippen MR) is 78.9 cm³/mol. The summed E-state index contributed by atoms with van der Waals surface area (Å²) in [7, 11) is 0. The summed E-state index contributed by atoms with van der Waals surface area (Å²) < 4.78 is 5.70. The Labute approximate surface area is 120 Å². The van der Waals surface area contributed by atoms with E-state index in [1.807, 2.05) is 0 Å². The number of benzene rings is 2. The van der Waals surface area contributed by atoms with Crippen molar-refractivity contribution in [2.45, 2.75) is 0 Å². The number of halogens is 2. The van der Waals surface area contributed by atoms with E-state index in [0.717, 1.165) is 0 Å². The number of ether oxygens (including phenoxy) is 1. The first-order valence-corrected chi connectivity index (χ1v) is 6.25. The molecule has 0 saturated carbocycles. The zero-order chi connectivity index (χ0) is 13.1. The van der Waals surface area contributed by atoms with Gasteiger partial charge in [0.1, 0.15) is 16.5 Å². The average Bonchev–Trinajstić information content (AvgIpc) is 2.28. The summed E-state index contributed by atoms with van der Waals surface area (Å²) in [5.74, 6) is 1.11. The molecular formula is C13H9Cl2NOS. The van der Waals surface area contributed by atoms with Gasteiger partial charge in [0, 0.05) is 16.1 Å². The van der Waals surface area contributed by atoms with Crippen LogP contribution in [0, 0.1) is 0 Å². The van der Waals surface area contributed by atoms with Gasteiger partial charge in [-0.05, 0) is 30.3 Å². The summed E-state index contributed by atoms with van der Waals surface area (Å²) >= 11 is 16.8. The summed E-state index contributed by atoms with van der Waals surface area (Å²) in [6.07, 6.45) is 0. The molecule has 0 radical (unpaired) electrons. The molecule has 2 N–H and O–H groups in total. The molecule has 0 spiro atoms. The largest absolute Gasteiger partial charge is 0.457 e. The van der Waals surface area contributed by atoms with Crippen molar-refractivity contribution >= 4 is 40.4 Å². The molecule has 0 aliphatic carbocycles. The fourth-order valence-electron chi connectivity index (χ4n) is 1.44. The average molecular weight is 298 g/mol. The lowest BCUT2D eigenvalue weighted by atomic mass is 10.2. The molecule has 0 heterocycles. The van der Waals surface area contributed by atoms with Crippen LogP contribution in [0.4, 0.5) is 0 Å². The van der Waals surface area contributed by atoms with Crippen molar-refractivity contribution in [1.82, 2.24) is 0 Å². The van der Waals surface area contributed by atoms with Gasteiger partial charge in [0.05, 0.1) is 5.56 Å². The quantitative estimate of drug-likeness (QED) is 0.852. The molecule has 0 bridgehead atoms. The number of hydrogen-bond donors (Lipinski definition) is 1. The molecule has 2 aromatic rings. The van der Waals surface area contributed by atoms with Gasteiger partial charge in [0.15, 0.2) is 0 Å². The Hall–Kier alpha value is -1.29. The van der Waals surface area contributed by atoms with Crippen LogP contribution in [0.5, 0.6) is 11.5 Å². The molecule has 0 unspecified atom stereocenters. The second-order valence-corrected chi connectivity index (χ2v) is 4.88. The van der Waals surface area contributed by atoms with E-state index in [1.165, 1.54) is 0 Å². The minimum atomic E-state index is 0.253. The third kappa shape index (κ3) is 3.13. The minimum absolute atomic E-state index is 0.253. The normalized spacial score (nSPS) is 10.1. The topological polar surface area (TPSA) is 35.2 Å². The standard InChI is InChI=1S/C13H9Cl2NOS/c14-8-2-1-3-10(6-8)17-12-7-9(15)4-5-11(12)13(16)18/h1-7H,(H2,16,18). The van der Waals surface area contributed by atoms with Crippen molar-refractivity contribution in [3.8, 4) is 11.5 Å². The van der Waals surface area contributed by atoms with E-state index < -0.39 is 0 Å². The summed E-state index contributed by atoms with van der Waals surface area (Å²) in [4.78, 5) is 0.253. The Morgan fingerprint density at radius 2 is 1.78 bits per heavy atom. The first-order valence-electron chi connectivity index (χ1n) is 5.09. The lowest BCUT2D eigenvalue weighted by Gasteiger charge is -2.10. The van der Waals surface area contributed by atoms with Crippen LogP contribution in [-0.2, 0) is 0 Å². The molecule has 2 rings (SSSR count). The van der Waals surface area contributed by atoms with Crippen molar-refractivity contribution < 1.29 is 4.74 Å². The molecule has 0 aliphatic rings. The molecule has 92 valence electrons. The monoisotopic (exact) mass is 297 g/mol. The molecule has 0 amide bonds. The van der Waals surface area contributed by atoms with Crippen LogP contribution >= 0.6 is 35.4 Å². The van der Waals surface area contributed by atoms with Crippen molar-refractivity contribution in [2.75, 3.05) is 0 Å². The van der Waals surface area contributed by atoms with Crippen molar-refractivity contribution in [2.24, 2.45) is 5.73 Å². The highest BCUT2D eigenvalue weighted by atomic mass is 35.5. The van der Waals surface area contributed by atoms with E-state index in [-0.39, 0.29) is 4.99 Å². The van der Waals surface area contributed by atoms with Crippen molar-refractivity contribution in [1.29, 1.82) is 0 Å². The van der Waals surface area contributed by atoms with Gasteiger partial charge in [-0.25, -0.2) is 0 Å². The van der Waals surface area contributed by atoms with Gasteiger partial charge < -0.3 is 10.5 Å². The van der Waals surface area contributed by atoms with E-state index >= 15 is 0 Å². The van der Waals surface area contributed by atoms with Gasteiger partial charge in [-0.2, -0.15) is 0 Å². The van der Waals surface area contributed by atoms with Crippen LogP contribution in [-0.4, -0.2) is 4.99 Å². The third-order valence-electron chi connectivity index (χ3n) is 2.23. The molecule has 18 heavy (non-hydrogen) atoms. The number of hydrogen-bond acceptors (Lipinski definition) is 2. The third-order valence-corrected chi connectivity index (χ3v) is 2.92. The molecule has 5 heteroatoms. The van der Waals surface area contributed by atoms with Gasteiger partial charge >= 0.3 is 0 Å². The van der Waals surface area contributed by atoms with Crippen molar-refractivity contribution in [3.05, 3.63) is 58.1 Å². The summed E-state index contributed by atoms with van der Waals surface area (Å²) in [6.45, 7) is 0. The van der Waals surface area contributed by atoms with E-state index in [2.05, 4.69) is 0 Å². The number of thiocarbonyl (C=S) groups is 1. The van der Waals surface area contributed by atoms with Gasteiger partial charge in [-0.1, -0.05) is 41.5 Å². The Morgan fingerprint density at radius 3 is 2.44 bits per heavy atom. The Kier molecular flexibility index (Phi) is 4.07. The molecule has 0 fully saturated rings. The maximum atomic E-state index is 5.93. The van der Waals surface area contributed by atoms with E-state index in [0.29, 0.717) is 27.1 Å². The molecule has 0 aliphatic heterocycles. The zero-order valence-electron chi connectivity index (χ0n) is 9.19. The van der Waals surface area contributed by atoms with E-state index in [9.17, 15) is 0 Å².